The fraction of sp³-hybridized carbons (Fsp3) is 0.0870. The van der Waals surface area contributed by atoms with E-state index in [4.69, 9.17) is 0 Å². The highest BCUT2D eigenvalue weighted by molar-refractivity contribution is 5.94. The van der Waals surface area contributed by atoms with Crippen molar-refractivity contribution < 1.29 is 5.11 Å². The molecule has 2 heteroatoms. The Hall–Kier alpha value is -3.31. The second-order valence-corrected chi connectivity index (χ2v) is 6.29. The summed E-state index contributed by atoms with van der Waals surface area (Å²) in [5.74, 6) is 0.260. The van der Waals surface area contributed by atoms with Crippen LogP contribution in [0.25, 0.3) is 11.6 Å². The molecule has 1 aliphatic carbocycles. The zero-order valence-corrected chi connectivity index (χ0v) is 13.7. The smallest absolute Gasteiger partial charge is 0.116 e. The molecule has 0 saturated carbocycles. The Morgan fingerprint density at radius 3 is 2.48 bits per heavy atom. The Balaban J connectivity index is 1.97. The van der Waals surface area contributed by atoms with E-state index < -0.39 is 0 Å². The molecule has 0 aliphatic heterocycles. The van der Waals surface area contributed by atoms with Gasteiger partial charge in [0.15, 0.2) is 0 Å². The topological polar surface area (TPSA) is 44.0 Å². The van der Waals surface area contributed by atoms with Crippen molar-refractivity contribution in [1.82, 2.24) is 0 Å². The summed E-state index contributed by atoms with van der Waals surface area (Å²) in [6.07, 6.45) is 3.99. The molecule has 0 spiro atoms. The summed E-state index contributed by atoms with van der Waals surface area (Å²) in [4.78, 5) is 0. The van der Waals surface area contributed by atoms with Crippen LogP contribution in [0.3, 0.4) is 0 Å². The highest BCUT2D eigenvalue weighted by Gasteiger charge is 2.18. The van der Waals surface area contributed by atoms with Gasteiger partial charge in [-0.1, -0.05) is 42.5 Å². The molecule has 0 bridgehead atoms. The molecule has 0 fully saturated rings. The third kappa shape index (κ3) is 2.93. The van der Waals surface area contributed by atoms with Crippen molar-refractivity contribution in [1.29, 1.82) is 5.26 Å². The molecule has 3 aromatic rings. The molecule has 120 valence electrons. The summed E-state index contributed by atoms with van der Waals surface area (Å²) >= 11 is 0. The van der Waals surface area contributed by atoms with E-state index in [0.29, 0.717) is 5.56 Å². The number of rotatable bonds is 1. The van der Waals surface area contributed by atoms with E-state index >= 15 is 0 Å². The number of aryl methyl sites for hydroxylation is 2. The summed E-state index contributed by atoms with van der Waals surface area (Å²) < 4.78 is 0. The maximum absolute atomic E-state index is 9.79. The molecule has 4 rings (SSSR count). The van der Waals surface area contributed by atoms with Gasteiger partial charge in [0.1, 0.15) is 5.75 Å². The van der Waals surface area contributed by atoms with Gasteiger partial charge in [0.2, 0.25) is 0 Å². The van der Waals surface area contributed by atoms with Gasteiger partial charge in [-0.05, 0) is 76.6 Å². The SMILES string of the molecule is N#Cc1ccc2c(c1)CCc1ccccc1/C2=C/c1cccc(O)c1. The Labute approximate surface area is 147 Å². The van der Waals surface area contributed by atoms with Crippen LogP contribution < -0.4 is 0 Å². The van der Waals surface area contributed by atoms with Gasteiger partial charge in [-0.15, -0.1) is 0 Å². The van der Waals surface area contributed by atoms with Crippen molar-refractivity contribution in [3.05, 3.63) is 100 Å². The maximum atomic E-state index is 9.79. The molecule has 0 atom stereocenters. The summed E-state index contributed by atoms with van der Waals surface area (Å²) in [5.41, 5.74) is 7.67. The standard InChI is InChI=1S/C23H17NO/c24-15-17-8-11-22-19(12-17)10-9-18-5-1-2-7-21(18)23(22)14-16-4-3-6-20(25)13-16/h1-8,11-14,25H,9-10H2/b23-14-. The zero-order valence-electron chi connectivity index (χ0n) is 13.7. The minimum Gasteiger partial charge on any atom is -0.508 e. The molecule has 0 radical (unpaired) electrons. The van der Waals surface area contributed by atoms with Crippen LogP contribution in [0, 0.1) is 11.3 Å². The average Bonchev–Trinajstić information content (AvgIpc) is 2.79. The molecule has 0 amide bonds. The van der Waals surface area contributed by atoms with E-state index in [9.17, 15) is 10.4 Å². The first kappa shape index (κ1) is 15.2. The summed E-state index contributed by atoms with van der Waals surface area (Å²) in [5, 5.41) is 19.0. The zero-order chi connectivity index (χ0) is 17.2. The highest BCUT2D eigenvalue weighted by Crippen LogP contribution is 2.35. The van der Waals surface area contributed by atoms with Crippen LogP contribution in [0.4, 0.5) is 0 Å². The number of nitriles is 1. The Bertz CT molecular complexity index is 1020. The fourth-order valence-corrected chi connectivity index (χ4v) is 3.49. The predicted octanol–water partition coefficient (Wildman–Crippen LogP) is 4.95. The van der Waals surface area contributed by atoms with E-state index in [1.54, 1.807) is 12.1 Å². The predicted molar refractivity (Wildman–Crippen MR) is 100 cm³/mol. The first-order valence-electron chi connectivity index (χ1n) is 8.37. The summed E-state index contributed by atoms with van der Waals surface area (Å²) in [6, 6.07) is 23.9. The number of hydrogen-bond donors (Lipinski definition) is 1. The molecular weight excluding hydrogens is 306 g/mol. The second-order valence-electron chi connectivity index (χ2n) is 6.29. The molecule has 2 nitrogen and oxygen atoms in total. The van der Waals surface area contributed by atoms with Crippen molar-refractivity contribution in [2.75, 3.05) is 0 Å². The Morgan fingerprint density at radius 1 is 0.840 bits per heavy atom. The van der Waals surface area contributed by atoms with E-state index in [-0.39, 0.29) is 5.75 Å². The Morgan fingerprint density at radius 2 is 1.64 bits per heavy atom. The van der Waals surface area contributed by atoms with E-state index in [2.05, 4.69) is 36.4 Å². The average molecular weight is 323 g/mol. The lowest BCUT2D eigenvalue weighted by Gasteiger charge is -2.12. The monoisotopic (exact) mass is 323 g/mol. The van der Waals surface area contributed by atoms with Crippen molar-refractivity contribution in [3.63, 3.8) is 0 Å². The summed E-state index contributed by atoms with van der Waals surface area (Å²) in [7, 11) is 0. The molecular formula is C23H17NO. The first-order valence-corrected chi connectivity index (χ1v) is 8.37. The van der Waals surface area contributed by atoms with Crippen molar-refractivity contribution in [3.8, 4) is 11.8 Å². The molecule has 0 aromatic heterocycles. The second kappa shape index (κ2) is 6.30. The number of fused-ring (bicyclic) bond motifs is 2. The first-order chi connectivity index (χ1) is 12.2. The highest BCUT2D eigenvalue weighted by atomic mass is 16.3. The third-order valence-corrected chi connectivity index (χ3v) is 4.68. The lowest BCUT2D eigenvalue weighted by Crippen LogP contribution is -1.93. The molecule has 0 heterocycles. The lowest BCUT2D eigenvalue weighted by atomic mass is 9.91. The van der Waals surface area contributed by atoms with Crippen molar-refractivity contribution in [2.24, 2.45) is 0 Å². The minimum atomic E-state index is 0.260. The number of hydrogen-bond acceptors (Lipinski definition) is 2. The molecule has 1 aliphatic rings. The van der Waals surface area contributed by atoms with Gasteiger partial charge in [0.05, 0.1) is 11.6 Å². The van der Waals surface area contributed by atoms with Crippen LogP contribution in [0.1, 0.15) is 33.4 Å². The molecule has 3 aromatic carbocycles. The Kier molecular flexibility index (Phi) is 3.84. The van der Waals surface area contributed by atoms with Crippen LogP contribution in [-0.2, 0) is 12.8 Å². The molecule has 1 N–H and O–H groups in total. The van der Waals surface area contributed by atoms with E-state index in [0.717, 1.165) is 29.5 Å². The minimum absolute atomic E-state index is 0.260. The number of benzene rings is 3. The van der Waals surface area contributed by atoms with Crippen LogP contribution in [0.15, 0.2) is 66.7 Å². The van der Waals surface area contributed by atoms with Gasteiger partial charge < -0.3 is 5.11 Å². The maximum Gasteiger partial charge on any atom is 0.116 e. The van der Waals surface area contributed by atoms with E-state index in [1.807, 2.05) is 30.3 Å². The number of phenolic OH excluding ortho intramolecular Hbond substituents is 1. The number of nitrogens with zero attached hydrogens (tertiary/aromatic N) is 1. The third-order valence-electron chi connectivity index (χ3n) is 4.68. The van der Waals surface area contributed by atoms with E-state index in [1.165, 1.54) is 16.7 Å². The van der Waals surface area contributed by atoms with Crippen LogP contribution in [0.2, 0.25) is 0 Å². The number of phenols is 1. The lowest BCUT2D eigenvalue weighted by molar-refractivity contribution is 0.475. The fourth-order valence-electron chi connectivity index (χ4n) is 3.49. The number of aromatic hydroxyl groups is 1. The van der Waals surface area contributed by atoms with Crippen LogP contribution in [-0.4, -0.2) is 5.11 Å². The van der Waals surface area contributed by atoms with Gasteiger partial charge in [-0.25, -0.2) is 0 Å². The molecule has 0 unspecified atom stereocenters. The largest absolute Gasteiger partial charge is 0.508 e. The van der Waals surface area contributed by atoms with Crippen LogP contribution >= 0.6 is 0 Å². The molecule has 25 heavy (non-hydrogen) atoms. The van der Waals surface area contributed by atoms with Gasteiger partial charge >= 0.3 is 0 Å². The van der Waals surface area contributed by atoms with Gasteiger partial charge in [0.25, 0.3) is 0 Å². The quantitative estimate of drug-likeness (QED) is 0.688. The van der Waals surface area contributed by atoms with Gasteiger partial charge in [-0.2, -0.15) is 5.26 Å². The van der Waals surface area contributed by atoms with Crippen LogP contribution in [0.5, 0.6) is 5.75 Å². The van der Waals surface area contributed by atoms with Gasteiger partial charge in [-0.3, -0.25) is 0 Å². The normalized spacial score (nSPS) is 14.3. The van der Waals surface area contributed by atoms with Crippen molar-refractivity contribution in [2.45, 2.75) is 12.8 Å². The summed E-state index contributed by atoms with van der Waals surface area (Å²) in [6.45, 7) is 0. The van der Waals surface area contributed by atoms with Crippen molar-refractivity contribution >= 4 is 11.6 Å². The molecule has 0 saturated heterocycles. The van der Waals surface area contributed by atoms with Gasteiger partial charge in [0, 0.05) is 0 Å².